The first-order valence-electron chi connectivity index (χ1n) is 6.95. The van der Waals surface area contributed by atoms with Crippen molar-refractivity contribution in [1.29, 1.82) is 0 Å². The molecule has 21 heavy (non-hydrogen) atoms. The van der Waals surface area contributed by atoms with Gasteiger partial charge in [0.15, 0.2) is 0 Å². The molecular weight excluding hydrogens is 268 g/mol. The van der Waals surface area contributed by atoms with Gasteiger partial charge in [-0.2, -0.15) is 5.10 Å². The van der Waals surface area contributed by atoms with Crippen molar-refractivity contribution < 1.29 is 9.53 Å². The molecule has 0 aliphatic rings. The minimum absolute atomic E-state index is 0.286. The summed E-state index contributed by atoms with van der Waals surface area (Å²) in [6.07, 6.45) is 2.11. The summed E-state index contributed by atoms with van der Waals surface area (Å²) < 4.78 is 7.27. The van der Waals surface area contributed by atoms with Crippen molar-refractivity contribution >= 4 is 11.7 Å². The number of ether oxygens (including phenoxy) is 1. The fourth-order valence-corrected chi connectivity index (χ4v) is 1.94. The molecule has 3 N–H and O–H groups in total. The number of benzene rings is 1. The number of hydrogen-bond acceptors (Lipinski definition) is 4. The predicted molar refractivity (Wildman–Crippen MR) is 81.0 cm³/mol. The van der Waals surface area contributed by atoms with Gasteiger partial charge in [0.1, 0.15) is 11.6 Å². The van der Waals surface area contributed by atoms with E-state index in [1.807, 2.05) is 43.5 Å². The maximum absolute atomic E-state index is 10.7. The normalized spacial score (nSPS) is 10.3. The maximum Gasteiger partial charge on any atom is 0.219 e. The molecule has 1 aromatic heterocycles. The lowest BCUT2D eigenvalue weighted by Crippen LogP contribution is -2.14. The smallest absolute Gasteiger partial charge is 0.219 e. The van der Waals surface area contributed by atoms with Crippen molar-refractivity contribution in [3.8, 4) is 5.75 Å². The van der Waals surface area contributed by atoms with E-state index < -0.39 is 0 Å². The van der Waals surface area contributed by atoms with Crippen LogP contribution in [0.25, 0.3) is 0 Å². The Morgan fingerprint density at radius 2 is 2.19 bits per heavy atom. The Morgan fingerprint density at radius 3 is 2.95 bits per heavy atom. The van der Waals surface area contributed by atoms with Crippen molar-refractivity contribution in [3.05, 3.63) is 42.1 Å². The second-order valence-electron chi connectivity index (χ2n) is 4.57. The van der Waals surface area contributed by atoms with E-state index in [0.29, 0.717) is 19.7 Å². The number of carbonyl (C=O) groups is 1. The first-order valence-corrected chi connectivity index (χ1v) is 6.95. The van der Waals surface area contributed by atoms with Crippen LogP contribution in [-0.4, -0.2) is 22.3 Å². The van der Waals surface area contributed by atoms with Gasteiger partial charge in [-0.3, -0.25) is 9.48 Å². The zero-order valence-corrected chi connectivity index (χ0v) is 12.1. The minimum atomic E-state index is -0.328. The Morgan fingerprint density at radius 1 is 1.38 bits per heavy atom. The molecule has 0 saturated heterocycles. The highest BCUT2D eigenvalue weighted by atomic mass is 16.5. The van der Waals surface area contributed by atoms with Crippen molar-refractivity contribution in [2.24, 2.45) is 5.73 Å². The number of primary amides is 1. The molecule has 2 aromatic rings. The Labute approximate surface area is 123 Å². The van der Waals surface area contributed by atoms with Gasteiger partial charge in [0.05, 0.1) is 6.61 Å². The summed E-state index contributed by atoms with van der Waals surface area (Å²) in [5.41, 5.74) is 6.19. The third-order valence-corrected chi connectivity index (χ3v) is 2.96. The van der Waals surface area contributed by atoms with Crippen molar-refractivity contribution in [2.45, 2.75) is 26.4 Å². The summed E-state index contributed by atoms with van der Waals surface area (Å²) in [6, 6.07) is 9.76. The van der Waals surface area contributed by atoms with Crippen LogP contribution in [0, 0.1) is 0 Å². The van der Waals surface area contributed by atoms with Gasteiger partial charge in [0.2, 0.25) is 5.91 Å². The van der Waals surface area contributed by atoms with Crippen molar-refractivity contribution in [2.75, 3.05) is 11.9 Å². The molecule has 112 valence electrons. The highest BCUT2D eigenvalue weighted by Gasteiger charge is 2.04. The Bertz CT molecular complexity index is 595. The molecule has 0 fully saturated rings. The molecule has 6 nitrogen and oxygen atoms in total. The first kappa shape index (κ1) is 14.9. The van der Waals surface area contributed by atoms with Crippen molar-refractivity contribution in [1.82, 2.24) is 9.78 Å². The first-order chi connectivity index (χ1) is 10.2. The van der Waals surface area contributed by atoms with E-state index in [2.05, 4.69) is 10.4 Å². The average molecular weight is 288 g/mol. The average Bonchev–Trinajstić information content (AvgIpc) is 2.92. The van der Waals surface area contributed by atoms with Crippen LogP contribution in [0.1, 0.15) is 18.9 Å². The number of amides is 1. The summed E-state index contributed by atoms with van der Waals surface area (Å²) in [5.74, 6) is 1.30. The number of nitrogens with zero attached hydrogens (tertiary/aromatic N) is 2. The number of nitrogens with one attached hydrogen (secondary N) is 1. The third kappa shape index (κ3) is 4.52. The van der Waals surface area contributed by atoms with Gasteiger partial charge in [-0.15, -0.1) is 0 Å². The van der Waals surface area contributed by atoms with E-state index in [4.69, 9.17) is 10.5 Å². The van der Waals surface area contributed by atoms with E-state index in [-0.39, 0.29) is 12.3 Å². The SMILES string of the molecule is CCOc1ccccc1CNc1ccn(CCC(N)=O)n1. The third-order valence-electron chi connectivity index (χ3n) is 2.96. The van der Waals surface area contributed by atoms with Gasteiger partial charge in [-0.25, -0.2) is 0 Å². The van der Waals surface area contributed by atoms with Crippen LogP contribution in [-0.2, 0) is 17.9 Å². The maximum atomic E-state index is 10.7. The van der Waals surface area contributed by atoms with Crippen LogP contribution in [0.15, 0.2) is 36.5 Å². The van der Waals surface area contributed by atoms with E-state index >= 15 is 0 Å². The summed E-state index contributed by atoms with van der Waals surface area (Å²) in [5, 5.41) is 7.57. The predicted octanol–water partition coefficient (Wildman–Crippen LogP) is 1.77. The quantitative estimate of drug-likeness (QED) is 0.775. The molecule has 1 aromatic carbocycles. The lowest BCUT2D eigenvalue weighted by molar-refractivity contribution is -0.118. The zero-order valence-electron chi connectivity index (χ0n) is 12.1. The molecule has 0 atom stereocenters. The topological polar surface area (TPSA) is 82.2 Å². The Balaban J connectivity index is 1.92. The highest BCUT2D eigenvalue weighted by Crippen LogP contribution is 2.19. The molecule has 0 aliphatic heterocycles. The molecule has 0 bridgehead atoms. The molecule has 6 heteroatoms. The number of hydrogen-bond donors (Lipinski definition) is 2. The molecule has 0 aliphatic carbocycles. The van der Waals surface area contributed by atoms with Gasteiger partial charge in [0.25, 0.3) is 0 Å². The van der Waals surface area contributed by atoms with Gasteiger partial charge in [-0.1, -0.05) is 18.2 Å². The summed E-state index contributed by atoms with van der Waals surface area (Å²) >= 11 is 0. The Hall–Kier alpha value is -2.50. The van der Waals surface area contributed by atoms with E-state index in [9.17, 15) is 4.79 Å². The summed E-state index contributed by atoms with van der Waals surface area (Å²) in [7, 11) is 0. The number of rotatable bonds is 8. The lowest BCUT2D eigenvalue weighted by atomic mass is 10.2. The van der Waals surface area contributed by atoms with Crippen LogP contribution in [0.3, 0.4) is 0 Å². The second kappa shape index (κ2) is 7.33. The minimum Gasteiger partial charge on any atom is -0.494 e. The fraction of sp³-hybridized carbons (Fsp3) is 0.333. The number of nitrogens with two attached hydrogens (primary N) is 1. The van der Waals surface area contributed by atoms with Crippen LogP contribution < -0.4 is 15.8 Å². The molecule has 0 radical (unpaired) electrons. The number of anilines is 1. The monoisotopic (exact) mass is 288 g/mol. The van der Waals surface area contributed by atoms with E-state index in [1.165, 1.54) is 0 Å². The van der Waals surface area contributed by atoms with Gasteiger partial charge in [-0.05, 0) is 13.0 Å². The number of aromatic nitrogens is 2. The molecule has 1 amide bonds. The molecule has 1 heterocycles. The van der Waals surface area contributed by atoms with Gasteiger partial charge < -0.3 is 15.8 Å². The number of aryl methyl sites for hydroxylation is 1. The van der Waals surface area contributed by atoms with Gasteiger partial charge in [0, 0.05) is 37.3 Å². The standard InChI is InChI=1S/C15H20N4O2/c1-2-21-13-6-4-3-5-12(13)11-17-15-8-10-19(18-15)9-7-14(16)20/h3-6,8,10H,2,7,9,11H2,1H3,(H2,16,20)(H,17,18). The molecular formula is C15H20N4O2. The lowest BCUT2D eigenvalue weighted by Gasteiger charge is -2.10. The Kier molecular flexibility index (Phi) is 5.20. The van der Waals surface area contributed by atoms with Crippen LogP contribution in [0.2, 0.25) is 0 Å². The van der Waals surface area contributed by atoms with Crippen LogP contribution in [0.5, 0.6) is 5.75 Å². The largest absolute Gasteiger partial charge is 0.494 e. The highest BCUT2D eigenvalue weighted by molar-refractivity contribution is 5.73. The molecule has 0 spiro atoms. The summed E-state index contributed by atoms with van der Waals surface area (Å²) in [6.45, 7) is 3.72. The van der Waals surface area contributed by atoms with E-state index in [0.717, 1.165) is 17.1 Å². The fourth-order valence-electron chi connectivity index (χ4n) is 1.94. The molecule has 0 unspecified atom stereocenters. The van der Waals surface area contributed by atoms with Gasteiger partial charge >= 0.3 is 0 Å². The van der Waals surface area contributed by atoms with E-state index in [1.54, 1.807) is 4.68 Å². The number of para-hydroxylation sites is 1. The second-order valence-corrected chi connectivity index (χ2v) is 4.57. The number of carbonyl (C=O) groups excluding carboxylic acids is 1. The van der Waals surface area contributed by atoms with Crippen molar-refractivity contribution in [3.63, 3.8) is 0 Å². The summed E-state index contributed by atoms with van der Waals surface area (Å²) in [4.78, 5) is 10.7. The molecule has 2 rings (SSSR count). The zero-order chi connectivity index (χ0) is 15.1. The van der Waals surface area contributed by atoms with Crippen LogP contribution >= 0.6 is 0 Å². The van der Waals surface area contributed by atoms with Crippen LogP contribution in [0.4, 0.5) is 5.82 Å². The molecule has 0 saturated carbocycles.